The average Bonchev–Trinajstić information content (AvgIpc) is 2.80. The van der Waals surface area contributed by atoms with Crippen molar-refractivity contribution in [2.45, 2.75) is 84.8 Å². The first-order valence-electron chi connectivity index (χ1n) is 13.0. The Hall–Kier alpha value is -2.08. The zero-order valence-corrected chi connectivity index (χ0v) is 21.4. The van der Waals surface area contributed by atoms with Crippen molar-refractivity contribution in [2.75, 3.05) is 37.6 Å². The highest BCUT2D eigenvalue weighted by atomic mass is 16.2. The van der Waals surface area contributed by atoms with E-state index in [1.165, 1.54) is 11.3 Å². The summed E-state index contributed by atoms with van der Waals surface area (Å²) in [5.74, 6) is 0.556. The van der Waals surface area contributed by atoms with Gasteiger partial charge in [0.15, 0.2) is 0 Å². The summed E-state index contributed by atoms with van der Waals surface area (Å²) in [5, 5.41) is 3.10. The van der Waals surface area contributed by atoms with Gasteiger partial charge in [0.2, 0.25) is 11.8 Å². The molecule has 1 spiro atoms. The Bertz CT molecular complexity index is 780. The highest BCUT2D eigenvalue weighted by Crippen LogP contribution is 2.34. The van der Waals surface area contributed by atoms with Gasteiger partial charge in [0, 0.05) is 45.0 Å². The van der Waals surface area contributed by atoms with Crippen LogP contribution in [0.5, 0.6) is 0 Å². The number of carbonyl (C=O) groups excluding carboxylic acids is 2. The van der Waals surface area contributed by atoms with Gasteiger partial charge in [-0.15, -0.1) is 0 Å². The smallest absolute Gasteiger partial charge is 0.246 e. The molecule has 2 saturated heterocycles. The summed E-state index contributed by atoms with van der Waals surface area (Å²) in [5.41, 5.74) is 1.88. The minimum atomic E-state index is -0.678. The number of likely N-dealkylation sites (tertiary alicyclic amines) is 1. The molecule has 0 radical (unpaired) electrons. The molecule has 1 aromatic rings. The summed E-state index contributed by atoms with van der Waals surface area (Å²) in [6, 6.07) is 8.49. The van der Waals surface area contributed by atoms with Crippen molar-refractivity contribution < 1.29 is 9.59 Å². The molecule has 2 fully saturated rings. The molecule has 0 bridgehead atoms. The fourth-order valence-corrected chi connectivity index (χ4v) is 5.38. The molecule has 2 aliphatic heterocycles. The van der Waals surface area contributed by atoms with Gasteiger partial charge < -0.3 is 15.1 Å². The van der Waals surface area contributed by atoms with Gasteiger partial charge in [-0.3, -0.25) is 14.5 Å². The molecule has 2 amide bonds. The molecule has 0 aliphatic carbocycles. The molecule has 184 valence electrons. The quantitative estimate of drug-likeness (QED) is 0.577. The third-order valence-electron chi connectivity index (χ3n) is 7.41. The Balaban J connectivity index is 1.67. The molecule has 3 rings (SSSR count). The van der Waals surface area contributed by atoms with Crippen molar-refractivity contribution in [3.63, 3.8) is 0 Å². The third-order valence-corrected chi connectivity index (χ3v) is 7.41. The van der Waals surface area contributed by atoms with Crippen molar-refractivity contribution in [1.82, 2.24) is 15.1 Å². The minimum Gasteiger partial charge on any atom is -0.372 e. The molecule has 2 heterocycles. The summed E-state index contributed by atoms with van der Waals surface area (Å²) in [6.45, 7) is 16.0. The number of rotatable bonds is 10. The molecule has 1 N–H and O–H groups in total. The van der Waals surface area contributed by atoms with Crippen molar-refractivity contribution in [3.8, 4) is 0 Å². The van der Waals surface area contributed by atoms with E-state index in [4.69, 9.17) is 0 Å². The van der Waals surface area contributed by atoms with Crippen LogP contribution in [0.1, 0.15) is 72.3 Å². The number of piperazine rings is 1. The van der Waals surface area contributed by atoms with Crippen molar-refractivity contribution in [3.05, 3.63) is 29.8 Å². The largest absolute Gasteiger partial charge is 0.372 e. The van der Waals surface area contributed by atoms with E-state index in [0.29, 0.717) is 31.7 Å². The number of anilines is 1. The summed E-state index contributed by atoms with van der Waals surface area (Å²) < 4.78 is 0. The first kappa shape index (κ1) is 25.5. The third kappa shape index (κ3) is 5.71. The van der Waals surface area contributed by atoms with E-state index in [-0.39, 0.29) is 17.9 Å². The normalized spacial score (nSPS) is 21.0. The maximum atomic E-state index is 13.4. The summed E-state index contributed by atoms with van der Waals surface area (Å²) in [4.78, 5) is 33.5. The molecule has 0 unspecified atom stereocenters. The van der Waals surface area contributed by atoms with Gasteiger partial charge in [-0.25, -0.2) is 0 Å². The maximum Gasteiger partial charge on any atom is 0.246 e. The van der Waals surface area contributed by atoms with Crippen LogP contribution in [0.4, 0.5) is 5.69 Å². The Morgan fingerprint density at radius 2 is 1.70 bits per heavy atom. The van der Waals surface area contributed by atoms with Crippen LogP contribution in [0, 0.1) is 5.92 Å². The number of amides is 2. The lowest BCUT2D eigenvalue weighted by molar-refractivity contribution is -0.161. The number of piperidine rings is 1. The van der Waals surface area contributed by atoms with Gasteiger partial charge in [-0.2, -0.15) is 0 Å². The van der Waals surface area contributed by atoms with Crippen LogP contribution < -0.4 is 10.2 Å². The fourth-order valence-electron chi connectivity index (χ4n) is 5.38. The standard InChI is InChI=1S/C27H44N4O2/c1-6-9-16-31-25(32)24(19-21(4)5)28-26(33)27(31)14-17-29(18-15-27)20-22-10-12-23(13-11-22)30(7-2)8-3/h10-13,21,24H,6-9,14-20H2,1-5H3,(H,28,33)/t24-/m0/s1. The van der Waals surface area contributed by atoms with Crippen LogP contribution in [0.25, 0.3) is 0 Å². The van der Waals surface area contributed by atoms with Crippen molar-refractivity contribution in [1.29, 1.82) is 0 Å². The van der Waals surface area contributed by atoms with Crippen LogP contribution in [0.2, 0.25) is 0 Å². The number of hydrogen-bond acceptors (Lipinski definition) is 4. The van der Waals surface area contributed by atoms with E-state index >= 15 is 0 Å². The van der Waals surface area contributed by atoms with E-state index in [1.54, 1.807) is 0 Å². The second-order valence-corrected chi connectivity index (χ2v) is 10.1. The predicted molar refractivity (Wildman–Crippen MR) is 135 cm³/mol. The highest BCUT2D eigenvalue weighted by molar-refractivity contribution is 6.00. The second kappa shape index (κ2) is 11.4. The van der Waals surface area contributed by atoms with Gasteiger partial charge in [-0.05, 0) is 63.1 Å². The molecular weight excluding hydrogens is 412 g/mol. The summed E-state index contributed by atoms with van der Waals surface area (Å²) >= 11 is 0. The predicted octanol–water partition coefficient (Wildman–Crippen LogP) is 4.04. The lowest BCUT2D eigenvalue weighted by Gasteiger charge is -2.52. The minimum absolute atomic E-state index is 0.0621. The molecule has 1 atom stereocenters. The SMILES string of the molecule is CCCCN1C(=O)[C@H](CC(C)C)NC(=O)C12CCN(Cc1ccc(N(CC)CC)cc1)CC2. The maximum absolute atomic E-state index is 13.4. The number of carbonyl (C=O) groups is 2. The lowest BCUT2D eigenvalue weighted by Crippen LogP contribution is -2.73. The second-order valence-electron chi connectivity index (χ2n) is 10.1. The van der Waals surface area contributed by atoms with E-state index in [0.717, 1.165) is 45.6 Å². The molecule has 1 aromatic carbocycles. The van der Waals surface area contributed by atoms with Crippen LogP contribution in [-0.2, 0) is 16.1 Å². The first-order valence-corrected chi connectivity index (χ1v) is 13.0. The Morgan fingerprint density at radius 1 is 1.06 bits per heavy atom. The van der Waals surface area contributed by atoms with Crippen LogP contribution in [-0.4, -0.2) is 65.9 Å². The molecular formula is C27H44N4O2. The topological polar surface area (TPSA) is 55.9 Å². The molecule has 6 nitrogen and oxygen atoms in total. The molecule has 6 heteroatoms. The van der Waals surface area contributed by atoms with Gasteiger partial charge in [0.25, 0.3) is 0 Å². The summed E-state index contributed by atoms with van der Waals surface area (Å²) in [6.07, 6.45) is 4.09. The Morgan fingerprint density at radius 3 is 2.24 bits per heavy atom. The zero-order chi connectivity index (χ0) is 24.0. The average molecular weight is 457 g/mol. The number of nitrogens with zero attached hydrogens (tertiary/aromatic N) is 3. The van der Waals surface area contributed by atoms with Crippen molar-refractivity contribution >= 4 is 17.5 Å². The Kier molecular flexibility index (Phi) is 8.80. The van der Waals surface area contributed by atoms with Crippen LogP contribution in [0.3, 0.4) is 0 Å². The molecule has 33 heavy (non-hydrogen) atoms. The van der Waals surface area contributed by atoms with Crippen LogP contribution >= 0.6 is 0 Å². The Labute approximate surface area is 200 Å². The first-order chi connectivity index (χ1) is 15.8. The van der Waals surface area contributed by atoms with E-state index in [1.807, 2.05) is 4.90 Å². The van der Waals surface area contributed by atoms with Crippen molar-refractivity contribution in [2.24, 2.45) is 5.92 Å². The summed E-state index contributed by atoms with van der Waals surface area (Å²) in [7, 11) is 0. The number of hydrogen-bond donors (Lipinski definition) is 1. The fraction of sp³-hybridized carbons (Fsp3) is 0.704. The molecule has 0 saturated carbocycles. The van der Waals surface area contributed by atoms with Gasteiger partial charge >= 0.3 is 0 Å². The van der Waals surface area contributed by atoms with Crippen LogP contribution in [0.15, 0.2) is 24.3 Å². The monoisotopic (exact) mass is 456 g/mol. The number of nitrogens with one attached hydrogen (secondary N) is 1. The highest BCUT2D eigenvalue weighted by Gasteiger charge is 2.53. The van der Waals surface area contributed by atoms with E-state index in [9.17, 15) is 9.59 Å². The number of benzene rings is 1. The lowest BCUT2D eigenvalue weighted by atomic mass is 9.80. The van der Waals surface area contributed by atoms with Gasteiger partial charge in [0.1, 0.15) is 11.6 Å². The molecule has 0 aromatic heterocycles. The molecule has 2 aliphatic rings. The van der Waals surface area contributed by atoms with E-state index < -0.39 is 5.54 Å². The van der Waals surface area contributed by atoms with Gasteiger partial charge in [0.05, 0.1) is 0 Å². The zero-order valence-electron chi connectivity index (χ0n) is 21.4. The number of unbranched alkanes of at least 4 members (excludes halogenated alkanes) is 1. The van der Waals surface area contributed by atoms with E-state index in [2.05, 4.69) is 74.0 Å². The van der Waals surface area contributed by atoms with Gasteiger partial charge in [-0.1, -0.05) is 39.3 Å².